The Bertz CT molecular complexity index is 1760. The summed E-state index contributed by atoms with van der Waals surface area (Å²) in [5.41, 5.74) is 6.09. The molecule has 4 rings (SSSR count). The molecule has 47 heavy (non-hydrogen) atoms. The van der Waals surface area contributed by atoms with Crippen LogP contribution in [0.1, 0.15) is 26.3 Å². The van der Waals surface area contributed by atoms with Crippen LogP contribution in [0.5, 0.6) is 11.6 Å². The molecule has 0 unspecified atom stereocenters. The number of nitrogens with two attached hydrogens (primary N) is 1. The number of hydrogen-bond acceptors (Lipinski definition) is 12. The van der Waals surface area contributed by atoms with E-state index in [1.165, 1.54) is 41.1 Å². The molecule has 0 saturated carbocycles. The highest BCUT2D eigenvalue weighted by Gasteiger charge is 2.24. The summed E-state index contributed by atoms with van der Waals surface area (Å²) >= 11 is 0. The van der Waals surface area contributed by atoms with Gasteiger partial charge in [0.15, 0.2) is 11.2 Å². The van der Waals surface area contributed by atoms with Crippen molar-refractivity contribution in [2.24, 2.45) is 0 Å². The molecule has 3 amide bonds. The maximum absolute atomic E-state index is 13.6. The molecular weight excluding hydrogens is 614 g/mol. The van der Waals surface area contributed by atoms with Crippen molar-refractivity contribution in [3.63, 3.8) is 0 Å². The third-order valence-corrected chi connectivity index (χ3v) is 6.39. The summed E-state index contributed by atoms with van der Waals surface area (Å²) in [6.07, 6.45) is 0.656. The number of ether oxygens (including phenoxy) is 3. The van der Waals surface area contributed by atoms with E-state index in [4.69, 9.17) is 19.9 Å². The molecule has 17 nitrogen and oxygen atoms in total. The zero-order valence-electron chi connectivity index (χ0n) is 26.3. The van der Waals surface area contributed by atoms with Gasteiger partial charge in [0.2, 0.25) is 23.6 Å². The van der Waals surface area contributed by atoms with Crippen molar-refractivity contribution in [1.29, 1.82) is 0 Å². The lowest BCUT2D eigenvalue weighted by atomic mass is 10.2. The van der Waals surface area contributed by atoms with Gasteiger partial charge in [0.25, 0.3) is 5.69 Å². The number of carbonyl (C=O) groups is 3. The van der Waals surface area contributed by atoms with Gasteiger partial charge < -0.3 is 40.0 Å². The Morgan fingerprint density at radius 2 is 1.85 bits per heavy atom. The molecule has 2 aromatic heterocycles. The van der Waals surface area contributed by atoms with Crippen LogP contribution in [0.2, 0.25) is 0 Å². The lowest BCUT2D eigenvalue weighted by Gasteiger charge is -2.24. The number of amides is 3. The van der Waals surface area contributed by atoms with Gasteiger partial charge in [-0.05, 0) is 38.5 Å². The largest absolute Gasteiger partial charge is 0.496 e. The molecule has 0 aliphatic carbocycles. The normalized spacial score (nSPS) is 11.1. The molecule has 0 bridgehead atoms. The van der Waals surface area contributed by atoms with E-state index in [-0.39, 0.29) is 60.7 Å². The fraction of sp³-hybridized carbons (Fsp3) is 0.333. The van der Waals surface area contributed by atoms with Crippen LogP contribution in [-0.4, -0.2) is 79.6 Å². The third-order valence-electron chi connectivity index (χ3n) is 6.39. The number of hydrogen-bond donors (Lipinski definition) is 3. The second kappa shape index (κ2) is 14.9. The number of rotatable bonds is 13. The van der Waals surface area contributed by atoms with E-state index in [9.17, 15) is 24.5 Å². The Labute approximate surface area is 269 Å². The van der Waals surface area contributed by atoms with Crippen molar-refractivity contribution < 1.29 is 33.5 Å². The SMILES string of the molecule is COc1ccc(NC(=O)CN(CCNC(=O)OC(C)(C)C)C(=O)Cn2cnc3c(OCc4ccccc4)nc(N)nc32)c([N+](=O)[O-])c1. The minimum atomic E-state index is -0.748. The lowest BCUT2D eigenvalue weighted by Crippen LogP contribution is -2.44. The molecule has 0 aliphatic rings. The van der Waals surface area contributed by atoms with E-state index in [2.05, 4.69) is 25.6 Å². The van der Waals surface area contributed by atoms with Gasteiger partial charge in [0.05, 0.1) is 31.0 Å². The minimum Gasteiger partial charge on any atom is -0.496 e. The van der Waals surface area contributed by atoms with Gasteiger partial charge in [-0.15, -0.1) is 0 Å². The number of nitro benzene ring substituents is 1. The second-order valence-electron chi connectivity index (χ2n) is 11.1. The van der Waals surface area contributed by atoms with E-state index < -0.39 is 40.7 Å². The Morgan fingerprint density at radius 1 is 1.11 bits per heavy atom. The fourth-order valence-corrected chi connectivity index (χ4v) is 4.28. The molecule has 4 N–H and O–H groups in total. The van der Waals surface area contributed by atoms with Gasteiger partial charge >= 0.3 is 6.09 Å². The summed E-state index contributed by atoms with van der Waals surface area (Å²) in [5, 5.41) is 16.6. The number of carbonyl (C=O) groups excluding carboxylic acids is 3. The monoisotopic (exact) mass is 649 g/mol. The number of aromatic nitrogens is 4. The zero-order chi connectivity index (χ0) is 34.1. The van der Waals surface area contributed by atoms with E-state index >= 15 is 0 Å². The van der Waals surface area contributed by atoms with Gasteiger partial charge in [-0.1, -0.05) is 30.3 Å². The van der Waals surface area contributed by atoms with Gasteiger partial charge in [-0.25, -0.2) is 9.78 Å². The van der Waals surface area contributed by atoms with Crippen molar-refractivity contribution in [1.82, 2.24) is 29.7 Å². The van der Waals surface area contributed by atoms with E-state index in [0.29, 0.717) is 0 Å². The summed E-state index contributed by atoms with van der Waals surface area (Å²) in [4.78, 5) is 63.7. The van der Waals surface area contributed by atoms with Crippen LogP contribution in [0.3, 0.4) is 0 Å². The predicted octanol–water partition coefficient (Wildman–Crippen LogP) is 2.90. The number of anilines is 2. The molecule has 2 aromatic carbocycles. The molecular formula is C30H35N9O8. The van der Waals surface area contributed by atoms with Crippen molar-refractivity contribution >= 4 is 46.4 Å². The van der Waals surface area contributed by atoms with Gasteiger partial charge in [-0.2, -0.15) is 9.97 Å². The van der Waals surface area contributed by atoms with Crippen molar-refractivity contribution in [2.75, 3.05) is 37.8 Å². The van der Waals surface area contributed by atoms with Crippen LogP contribution in [-0.2, 0) is 27.5 Å². The number of imidazole rings is 1. The molecule has 2 heterocycles. The zero-order valence-corrected chi connectivity index (χ0v) is 26.3. The number of benzene rings is 2. The number of fused-ring (bicyclic) bond motifs is 1. The maximum atomic E-state index is 13.6. The number of nitrogens with one attached hydrogen (secondary N) is 2. The summed E-state index contributed by atoms with van der Waals surface area (Å²) in [6, 6.07) is 13.3. The second-order valence-corrected chi connectivity index (χ2v) is 11.1. The highest BCUT2D eigenvalue weighted by Crippen LogP contribution is 2.29. The van der Waals surface area contributed by atoms with Crippen LogP contribution in [0.4, 0.5) is 22.1 Å². The summed E-state index contributed by atoms with van der Waals surface area (Å²) < 4.78 is 17.5. The van der Waals surface area contributed by atoms with Crippen LogP contribution in [0.25, 0.3) is 11.2 Å². The lowest BCUT2D eigenvalue weighted by molar-refractivity contribution is -0.384. The summed E-state index contributed by atoms with van der Waals surface area (Å²) in [6.45, 7) is 4.30. The van der Waals surface area contributed by atoms with Gasteiger partial charge in [0.1, 0.15) is 30.2 Å². The first-order valence-corrected chi connectivity index (χ1v) is 14.3. The predicted molar refractivity (Wildman–Crippen MR) is 170 cm³/mol. The first-order chi connectivity index (χ1) is 22.3. The first-order valence-electron chi connectivity index (χ1n) is 14.3. The first kappa shape index (κ1) is 33.9. The van der Waals surface area contributed by atoms with Gasteiger partial charge in [-0.3, -0.25) is 19.7 Å². The van der Waals surface area contributed by atoms with Crippen molar-refractivity contribution in [2.45, 2.75) is 39.5 Å². The van der Waals surface area contributed by atoms with E-state index in [0.717, 1.165) is 5.56 Å². The Balaban J connectivity index is 1.52. The third kappa shape index (κ3) is 9.49. The number of alkyl carbamates (subject to hydrolysis) is 1. The van der Waals surface area contributed by atoms with Crippen molar-refractivity contribution in [3.8, 4) is 11.6 Å². The average Bonchev–Trinajstić information content (AvgIpc) is 3.41. The smallest absolute Gasteiger partial charge is 0.407 e. The molecule has 0 atom stereocenters. The molecule has 0 spiro atoms. The van der Waals surface area contributed by atoms with E-state index in [1.807, 2.05) is 30.3 Å². The van der Waals surface area contributed by atoms with Crippen molar-refractivity contribution in [3.05, 3.63) is 70.5 Å². The van der Waals surface area contributed by atoms with Crippen LogP contribution in [0, 0.1) is 10.1 Å². The van der Waals surface area contributed by atoms with Crippen LogP contribution in [0.15, 0.2) is 54.9 Å². The van der Waals surface area contributed by atoms with Crippen LogP contribution >= 0.6 is 0 Å². The van der Waals surface area contributed by atoms with Gasteiger partial charge in [0, 0.05) is 13.1 Å². The highest BCUT2D eigenvalue weighted by molar-refractivity contribution is 5.96. The number of nitro groups is 1. The average molecular weight is 650 g/mol. The Kier molecular flexibility index (Phi) is 10.7. The molecule has 0 saturated heterocycles. The number of nitrogen functional groups attached to an aromatic ring is 1. The Hall–Kier alpha value is -6.00. The quantitative estimate of drug-likeness (QED) is 0.141. The molecule has 4 aromatic rings. The molecule has 0 fully saturated rings. The number of methoxy groups -OCH3 is 1. The number of nitrogens with zero attached hydrogens (tertiary/aromatic N) is 6. The summed E-state index contributed by atoms with van der Waals surface area (Å²) in [7, 11) is 1.36. The molecule has 248 valence electrons. The maximum Gasteiger partial charge on any atom is 0.407 e. The Morgan fingerprint density at radius 3 is 2.53 bits per heavy atom. The summed E-state index contributed by atoms with van der Waals surface area (Å²) in [5.74, 6) is -1.03. The van der Waals surface area contributed by atoms with Crippen LogP contribution < -0.4 is 25.8 Å². The van der Waals surface area contributed by atoms with E-state index in [1.54, 1.807) is 20.8 Å². The molecule has 0 radical (unpaired) electrons. The minimum absolute atomic E-state index is 0.0616. The fourth-order valence-electron chi connectivity index (χ4n) is 4.28. The topological polar surface area (TPSA) is 219 Å². The highest BCUT2D eigenvalue weighted by atomic mass is 16.6. The molecule has 17 heteroatoms. The molecule has 0 aliphatic heterocycles. The standard InChI is InChI=1S/C30H35N9O8/c1-30(2,3)47-29(42)32-12-13-37(15-23(40)34-21-11-10-20(45-4)14-22(21)39(43)44)24(41)16-38-18-33-25-26(38)35-28(31)36-27(25)46-17-19-8-6-5-7-9-19/h5-11,14,18H,12-13,15-17H2,1-4H3,(H,32,42)(H,34,40)(H2,31,35,36).